The maximum atomic E-state index is 12.0. The summed E-state index contributed by atoms with van der Waals surface area (Å²) < 4.78 is 10.4. The normalized spacial score (nSPS) is 18.3. The summed E-state index contributed by atoms with van der Waals surface area (Å²) in [6, 6.07) is 3.32. The van der Waals surface area contributed by atoms with E-state index in [4.69, 9.17) is 27.5 Å². The summed E-state index contributed by atoms with van der Waals surface area (Å²) in [6.45, 7) is 0.483. The Balaban J connectivity index is 2.44. The van der Waals surface area contributed by atoms with Gasteiger partial charge < -0.3 is 14.4 Å². The number of rotatable bonds is 3. The van der Waals surface area contributed by atoms with Crippen LogP contribution in [0.15, 0.2) is 12.1 Å². The SMILES string of the molecule is C#CC1CC(=O)N(c2cc(OC)c(Cl)cc2OC)C1. The number of carbonyl (C=O) groups excluding carboxylic acids is 1. The summed E-state index contributed by atoms with van der Waals surface area (Å²) in [6.07, 6.45) is 5.73. The van der Waals surface area contributed by atoms with Crippen molar-refractivity contribution in [1.82, 2.24) is 0 Å². The van der Waals surface area contributed by atoms with Gasteiger partial charge in [-0.15, -0.1) is 12.3 Å². The molecule has 0 radical (unpaired) electrons. The first kappa shape index (κ1) is 13.6. The third-order valence-electron chi connectivity index (χ3n) is 3.10. The number of benzene rings is 1. The lowest BCUT2D eigenvalue weighted by atomic mass is 10.1. The van der Waals surface area contributed by atoms with Crippen LogP contribution in [-0.2, 0) is 4.79 Å². The first-order valence-electron chi connectivity index (χ1n) is 5.78. The van der Waals surface area contributed by atoms with Crippen LogP contribution >= 0.6 is 11.6 Å². The van der Waals surface area contributed by atoms with Crippen LogP contribution in [0.25, 0.3) is 0 Å². The highest BCUT2D eigenvalue weighted by Gasteiger charge is 2.31. The average Bonchev–Trinajstić information content (AvgIpc) is 2.79. The number of nitrogens with zero attached hydrogens (tertiary/aromatic N) is 1. The van der Waals surface area contributed by atoms with Crippen molar-refractivity contribution in [3.8, 4) is 23.8 Å². The van der Waals surface area contributed by atoms with Gasteiger partial charge in [0.25, 0.3) is 0 Å². The molecule has 1 atom stereocenters. The van der Waals surface area contributed by atoms with Crippen LogP contribution in [0.2, 0.25) is 5.02 Å². The van der Waals surface area contributed by atoms with Crippen LogP contribution in [0.4, 0.5) is 5.69 Å². The molecule has 1 unspecified atom stereocenters. The number of hydrogen-bond acceptors (Lipinski definition) is 3. The van der Waals surface area contributed by atoms with E-state index in [-0.39, 0.29) is 11.8 Å². The average molecular weight is 280 g/mol. The van der Waals surface area contributed by atoms with Crippen LogP contribution in [0.5, 0.6) is 11.5 Å². The van der Waals surface area contributed by atoms with E-state index in [0.717, 1.165) is 0 Å². The predicted octanol–water partition coefficient (Wildman–Crippen LogP) is 2.34. The van der Waals surface area contributed by atoms with E-state index in [1.54, 1.807) is 17.0 Å². The van der Waals surface area contributed by atoms with Crippen LogP contribution in [0.3, 0.4) is 0 Å². The molecule has 2 rings (SSSR count). The van der Waals surface area contributed by atoms with Crippen LogP contribution in [0, 0.1) is 18.3 Å². The van der Waals surface area contributed by atoms with Gasteiger partial charge in [-0.25, -0.2) is 0 Å². The topological polar surface area (TPSA) is 38.8 Å². The minimum Gasteiger partial charge on any atom is -0.495 e. The van der Waals surface area contributed by atoms with Crippen molar-refractivity contribution in [2.75, 3.05) is 25.7 Å². The van der Waals surface area contributed by atoms with E-state index in [9.17, 15) is 4.79 Å². The van der Waals surface area contributed by atoms with Gasteiger partial charge in [0, 0.05) is 31.0 Å². The smallest absolute Gasteiger partial charge is 0.228 e. The number of anilines is 1. The second-order valence-corrected chi connectivity index (χ2v) is 4.64. The summed E-state index contributed by atoms with van der Waals surface area (Å²) in [5.74, 6) is 3.54. The van der Waals surface area contributed by atoms with Gasteiger partial charge in [0.1, 0.15) is 11.5 Å². The van der Waals surface area contributed by atoms with E-state index in [0.29, 0.717) is 35.2 Å². The molecule has 1 aromatic carbocycles. The highest BCUT2D eigenvalue weighted by Crippen LogP contribution is 2.40. The molecule has 0 bridgehead atoms. The van der Waals surface area contributed by atoms with Crippen molar-refractivity contribution in [3.63, 3.8) is 0 Å². The number of hydrogen-bond donors (Lipinski definition) is 0. The summed E-state index contributed by atoms with van der Waals surface area (Å²) >= 11 is 6.04. The van der Waals surface area contributed by atoms with Gasteiger partial charge in [-0.05, 0) is 0 Å². The number of ether oxygens (including phenoxy) is 2. The number of methoxy groups -OCH3 is 2. The Morgan fingerprint density at radius 2 is 2.05 bits per heavy atom. The minimum absolute atomic E-state index is 0.0226. The van der Waals surface area contributed by atoms with Crippen molar-refractivity contribution in [2.24, 2.45) is 5.92 Å². The van der Waals surface area contributed by atoms with Gasteiger partial charge >= 0.3 is 0 Å². The molecule has 0 N–H and O–H groups in total. The fourth-order valence-corrected chi connectivity index (χ4v) is 2.34. The zero-order chi connectivity index (χ0) is 14.0. The van der Waals surface area contributed by atoms with Gasteiger partial charge in [0.2, 0.25) is 5.91 Å². The zero-order valence-electron chi connectivity index (χ0n) is 10.8. The highest BCUT2D eigenvalue weighted by atomic mass is 35.5. The Labute approximate surface area is 117 Å². The maximum absolute atomic E-state index is 12.0. The first-order chi connectivity index (χ1) is 9.10. The van der Waals surface area contributed by atoms with E-state index in [1.165, 1.54) is 14.2 Å². The molecular formula is C14H14ClNO3. The summed E-state index contributed by atoms with van der Waals surface area (Å²) in [5, 5.41) is 0.434. The quantitative estimate of drug-likeness (QED) is 0.797. The minimum atomic E-state index is -0.0705. The zero-order valence-corrected chi connectivity index (χ0v) is 11.5. The molecular weight excluding hydrogens is 266 g/mol. The van der Waals surface area contributed by atoms with Gasteiger partial charge in [0.15, 0.2) is 0 Å². The van der Waals surface area contributed by atoms with Crippen molar-refractivity contribution in [3.05, 3.63) is 17.2 Å². The monoisotopic (exact) mass is 279 g/mol. The fraction of sp³-hybridized carbons (Fsp3) is 0.357. The van der Waals surface area contributed by atoms with Crippen LogP contribution in [-0.4, -0.2) is 26.7 Å². The Morgan fingerprint density at radius 3 is 2.58 bits per heavy atom. The molecule has 0 spiro atoms. The molecule has 1 aliphatic rings. The van der Waals surface area contributed by atoms with E-state index >= 15 is 0 Å². The van der Waals surface area contributed by atoms with Crippen molar-refractivity contribution in [2.45, 2.75) is 6.42 Å². The molecule has 1 saturated heterocycles. The lowest BCUT2D eigenvalue weighted by Gasteiger charge is -2.20. The molecule has 1 fully saturated rings. The Hall–Kier alpha value is -1.86. The van der Waals surface area contributed by atoms with Gasteiger partial charge in [-0.2, -0.15) is 0 Å². The lowest BCUT2D eigenvalue weighted by Crippen LogP contribution is -2.25. The first-order valence-corrected chi connectivity index (χ1v) is 6.16. The number of amides is 1. The molecule has 0 aromatic heterocycles. The van der Waals surface area contributed by atoms with Gasteiger partial charge in [-0.1, -0.05) is 11.6 Å². The Morgan fingerprint density at radius 1 is 1.37 bits per heavy atom. The molecule has 1 aromatic rings. The molecule has 5 heteroatoms. The summed E-state index contributed by atoms with van der Waals surface area (Å²) in [7, 11) is 3.05. The molecule has 4 nitrogen and oxygen atoms in total. The van der Waals surface area contributed by atoms with Crippen molar-refractivity contribution >= 4 is 23.2 Å². The third-order valence-corrected chi connectivity index (χ3v) is 3.40. The molecule has 1 aliphatic heterocycles. The third kappa shape index (κ3) is 2.47. The standard InChI is InChI=1S/C14H14ClNO3/c1-4-9-5-14(17)16(8-9)11-7-12(18-2)10(15)6-13(11)19-3/h1,6-7,9H,5,8H2,2-3H3. The molecule has 19 heavy (non-hydrogen) atoms. The Kier molecular flexibility index (Phi) is 3.87. The number of terminal acetylenes is 1. The summed E-state index contributed by atoms with van der Waals surface area (Å²) in [4.78, 5) is 13.6. The van der Waals surface area contributed by atoms with E-state index < -0.39 is 0 Å². The lowest BCUT2D eigenvalue weighted by molar-refractivity contribution is -0.117. The number of carbonyl (C=O) groups is 1. The second-order valence-electron chi connectivity index (χ2n) is 4.23. The summed E-state index contributed by atoms with van der Waals surface area (Å²) in [5.41, 5.74) is 0.631. The molecule has 100 valence electrons. The fourth-order valence-electron chi connectivity index (χ4n) is 2.11. The molecule has 0 saturated carbocycles. The molecule has 1 amide bonds. The number of halogens is 1. The van der Waals surface area contributed by atoms with Gasteiger partial charge in [0.05, 0.1) is 24.9 Å². The predicted molar refractivity (Wildman–Crippen MR) is 73.8 cm³/mol. The Bertz CT molecular complexity index is 550. The second kappa shape index (κ2) is 5.41. The van der Waals surface area contributed by atoms with Crippen LogP contribution < -0.4 is 14.4 Å². The molecule has 0 aliphatic carbocycles. The largest absolute Gasteiger partial charge is 0.495 e. The van der Waals surface area contributed by atoms with E-state index in [1.807, 2.05) is 0 Å². The molecule has 1 heterocycles. The van der Waals surface area contributed by atoms with Crippen LogP contribution in [0.1, 0.15) is 6.42 Å². The van der Waals surface area contributed by atoms with Crippen molar-refractivity contribution in [1.29, 1.82) is 0 Å². The van der Waals surface area contributed by atoms with Gasteiger partial charge in [-0.3, -0.25) is 4.79 Å². The maximum Gasteiger partial charge on any atom is 0.228 e. The van der Waals surface area contributed by atoms with Crippen molar-refractivity contribution < 1.29 is 14.3 Å². The van der Waals surface area contributed by atoms with E-state index in [2.05, 4.69) is 5.92 Å². The highest BCUT2D eigenvalue weighted by molar-refractivity contribution is 6.32.